The van der Waals surface area contributed by atoms with Crippen LogP contribution in [-0.4, -0.2) is 11.9 Å². The van der Waals surface area contributed by atoms with Gasteiger partial charge in [-0.3, -0.25) is 4.79 Å². The highest BCUT2D eigenvalue weighted by atomic mass is 16.2. The Morgan fingerprint density at radius 2 is 1.71 bits per heavy atom. The first kappa shape index (κ1) is 14.6. The molecule has 2 aromatic carbocycles. The van der Waals surface area contributed by atoms with Crippen molar-refractivity contribution < 1.29 is 9.59 Å². The fourth-order valence-electron chi connectivity index (χ4n) is 1.91. The van der Waals surface area contributed by atoms with Crippen molar-refractivity contribution in [2.24, 2.45) is 5.73 Å². The summed E-state index contributed by atoms with van der Waals surface area (Å²) < 4.78 is 0. The molecule has 0 saturated heterocycles. The van der Waals surface area contributed by atoms with Gasteiger partial charge in [0.05, 0.1) is 0 Å². The Balaban J connectivity index is 2.10. The van der Waals surface area contributed by atoms with Crippen LogP contribution in [0.5, 0.6) is 0 Å². The number of hydrogen-bond acceptors (Lipinski definition) is 2. The molecule has 0 fully saturated rings. The lowest BCUT2D eigenvalue weighted by atomic mass is 10.1. The minimum absolute atomic E-state index is 0.243. The van der Waals surface area contributed by atoms with Gasteiger partial charge in [-0.05, 0) is 42.3 Å². The van der Waals surface area contributed by atoms with E-state index in [0.717, 1.165) is 12.1 Å². The fourth-order valence-corrected chi connectivity index (χ4v) is 1.91. The van der Waals surface area contributed by atoms with Crippen LogP contribution in [0.1, 0.15) is 22.8 Å². The van der Waals surface area contributed by atoms with Crippen LogP contribution in [0.2, 0.25) is 0 Å². The molecule has 0 atom stereocenters. The SMILES string of the molecule is CCc1ccc(NC(=O)c2cccc(NC(N)=O)c2)cc1. The molecule has 3 amide bonds. The van der Waals surface area contributed by atoms with E-state index in [9.17, 15) is 9.59 Å². The van der Waals surface area contributed by atoms with Gasteiger partial charge < -0.3 is 16.4 Å². The Labute approximate surface area is 123 Å². The van der Waals surface area contributed by atoms with Crippen molar-refractivity contribution >= 4 is 23.3 Å². The maximum Gasteiger partial charge on any atom is 0.316 e. The molecule has 0 aromatic heterocycles. The molecular formula is C16H17N3O2. The number of carbonyl (C=O) groups is 2. The predicted octanol–water partition coefficient (Wildman–Crippen LogP) is 2.99. The minimum Gasteiger partial charge on any atom is -0.351 e. The van der Waals surface area contributed by atoms with Gasteiger partial charge in [0, 0.05) is 16.9 Å². The number of nitrogens with two attached hydrogens (primary N) is 1. The summed E-state index contributed by atoms with van der Waals surface area (Å²) in [5, 5.41) is 5.24. The van der Waals surface area contributed by atoms with Gasteiger partial charge in [0.2, 0.25) is 0 Å². The van der Waals surface area contributed by atoms with Crippen molar-refractivity contribution in [1.29, 1.82) is 0 Å². The van der Waals surface area contributed by atoms with Crippen LogP contribution in [0.4, 0.5) is 16.2 Å². The van der Waals surface area contributed by atoms with E-state index >= 15 is 0 Å². The molecule has 0 unspecified atom stereocenters. The van der Waals surface area contributed by atoms with Gasteiger partial charge in [0.15, 0.2) is 0 Å². The number of carbonyl (C=O) groups excluding carboxylic acids is 2. The molecule has 0 heterocycles. The summed E-state index contributed by atoms with van der Waals surface area (Å²) >= 11 is 0. The molecule has 0 spiro atoms. The minimum atomic E-state index is -0.664. The molecule has 5 heteroatoms. The largest absolute Gasteiger partial charge is 0.351 e. The standard InChI is InChI=1S/C16H17N3O2/c1-2-11-6-8-13(9-7-11)18-15(20)12-4-3-5-14(10-12)19-16(17)21/h3-10H,2H2,1H3,(H,18,20)(H3,17,19,21). The zero-order valence-corrected chi connectivity index (χ0v) is 11.7. The van der Waals surface area contributed by atoms with Gasteiger partial charge >= 0.3 is 6.03 Å². The molecule has 5 nitrogen and oxygen atoms in total. The van der Waals surface area contributed by atoms with Gasteiger partial charge in [-0.25, -0.2) is 4.79 Å². The molecule has 4 N–H and O–H groups in total. The highest BCUT2D eigenvalue weighted by Crippen LogP contribution is 2.14. The fraction of sp³-hybridized carbons (Fsp3) is 0.125. The normalized spacial score (nSPS) is 9.95. The molecular weight excluding hydrogens is 266 g/mol. The van der Waals surface area contributed by atoms with Crippen molar-refractivity contribution in [3.63, 3.8) is 0 Å². The first-order valence-corrected chi connectivity index (χ1v) is 6.65. The van der Waals surface area contributed by atoms with E-state index in [1.54, 1.807) is 24.3 Å². The molecule has 0 aliphatic heterocycles. The maximum atomic E-state index is 12.2. The summed E-state index contributed by atoms with van der Waals surface area (Å²) in [5.74, 6) is -0.243. The Bertz CT molecular complexity index is 651. The van der Waals surface area contributed by atoms with E-state index in [1.165, 1.54) is 5.56 Å². The highest BCUT2D eigenvalue weighted by molar-refractivity contribution is 6.05. The lowest BCUT2D eigenvalue weighted by Crippen LogP contribution is -2.19. The molecule has 0 bridgehead atoms. The Kier molecular flexibility index (Phi) is 4.56. The average Bonchev–Trinajstić information content (AvgIpc) is 2.47. The van der Waals surface area contributed by atoms with Gasteiger partial charge in [0.1, 0.15) is 0 Å². The number of hydrogen-bond donors (Lipinski definition) is 3. The van der Waals surface area contributed by atoms with Crippen LogP contribution in [0.25, 0.3) is 0 Å². The van der Waals surface area contributed by atoms with Gasteiger partial charge in [-0.1, -0.05) is 25.1 Å². The van der Waals surface area contributed by atoms with Crippen molar-refractivity contribution in [2.45, 2.75) is 13.3 Å². The number of urea groups is 1. The second-order valence-corrected chi connectivity index (χ2v) is 4.57. The van der Waals surface area contributed by atoms with Gasteiger partial charge in [-0.15, -0.1) is 0 Å². The topological polar surface area (TPSA) is 84.2 Å². The molecule has 21 heavy (non-hydrogen) atoms. The van der Waals surface area contributed by atoms with Crippen LogP contribution >= 0.6 is 0 Å². The molecule has 0 aliphatic carbocycles. The number of amides is 3. The Morgan fingerprint density at radius 3 is 2.33 bits per heavy atom. The summed E-state index contributed by atoms with van der Waals surface area (Å²) in [6.45, 7) is 2.07. The Hall–Kier alpha value is -2.82. The second kappa shape index (κ2) is 6.56. The average molecular weight is 283 g/mol. The van der Waals surface area contributed by atoms with E-state index in [-0.39, 0.29) is 5.91 Å². The molecule has 2 rings (SSSR count). The predicted molar refractivity (Wildman–Crippen MR) is 83.4 cm³/mol. The van der Waals surface area contributed by atoms with Crippen LogP contribution in [0.15, 0.2) is 48.5 Å². The van der Waals surface area contributed by atoms with Crippen molar-refractivity contribution in [3.8, 4) is 0 Å². The zero-order chi connectivity index (χ0) is 15.2. The number of aryl methyl sites for hydroxylation is 1. The van der Waals surface area contributed by atoms with Gasteiger partial charge in [0.25, 0.3) is 5.91 Å². The number of rotatable bonds is 4. The number of anilines is 2. The number of primary amides is 1. The van der Waals surface area contributed by atoms with Crippen molar-refractivity contribution in [3.05, 3.63) is 59.7 Å². The van der Waals surface area contributed by atoms with Crippen LogP contribution in [0.3, 0.4) is 0 Å². The van der Waals surface area contributed by atoms with Gasteiger partial charge in [-0.2, -0.15) is 0 Å². The van der Waals surface area contributed by atoms with E-state index in [1.807, 2.05) is 24.3 Å². The third-order valence-electron chi connectivity index (χ3n) is 3.01. The zero-order valence-electron chi connectivity index (χ0n) is 11.7. The highest BCUT2D eigenvalue weighted by Gasteiger charge is 2.07. The summed E-state index contributed by atoms with van der Waals surface area (Å²) in [5.41, 5.74) is 7.92. The molecule has 108 valence electrons. The molecule has 0 radical (unpaired) electrons. The smallest absolute Gasteiger partial charge is 0.316 e. The van der Waals surface area contributed by atoms with Crippen LogP contribution in [-0.2, 0) is 6.42 Å². The number of benzene rings is 2. The van der Waals surface area contributed by atoms with E-state index < -0.39 is 6.03 Å². The first-order chi connectivity index (χ1) is 10.1. The summed E-state index contributed by atoms with van der Waals surface area (Å²) in [4.78, 5) is 23.0. The summed E-state index contributed by atoms with van der Waals surface area (Å²) in [7, 11) is 0. The lowest BCUT2D eigenvalue weighted by Gasteiger charge is -2.08. The third-order valence-corrected chi connectivity index (χ3v) is 3.01. The second-order valence-electron chi connectivity index (χ2n) is 4.57. The van der Waals surface area contributed by atoms with E-state index in [0.29, 0.717) is 11.3 Å². The van der Waals surface area contributed by atoms with E-state index in [4.69, 9.17) is 5.73 Å². The monoisotopic (exact) mass is 283 g/mol. The number of nitrogens with one attached hydrogen (secondary N) is 2. The van der Waals surface area contributed by atoms with E-state index in [2.05, 4.69) is 17.6 Å². The summed E-state index contributed by atoms with van der Waals surface area (Å²) in [6.07, 6.45) is 0.953. The van der Waals surface area contributed by atoms with Crippen molar-refractivity contribution in [2.75, 3.05) is 10.6 Å². The molecule has 0 aliphatic rings. The maximum absolute atomic E-state index is 12.2. The third kappa shape index (κ3) is 4.07. The quantitative estimate of drug-likeness (QED) is 0.805. The van der Waals surface area contributed by atoms with Crippen LogP contribution in [0, 0.1) is 0 Å². The van der Waals surface area contributed by atoms with Crippen molar-refractivity contribution in [1.82, 2.24) is 0 Å². The lowest BCUT2D eigenvalue weighted by molar-refractivity contribution is 0.102. The summed E-state index contributed by atoms with van der Waals surface area (Å²) in [6, 6.07) is 13.6. The first-order valence-electron chi connectivity index (χ1n) is 6.65. The van der Waals surface area contributed by atoms with Crippen LogP contribution < -0.4 is 16.4 Å². The molecule has 0 saturated carbocycles. The molecule has 2 aromatic rings. The Morgan fingerprint density at radius 1 is 1.00 bits per heavy atom.